The third kappa shape index (κ3) is 5.99. The summed E-state index contributed by atoms with van der Waals surface area (Å²) in [6.07, 6.45) is 7.27. The molecule has 1 saturated carbocycles. The van der Waals surface area contributed by atoms with Gasteiger partial charge >= 0.3 is 0 Å². The Morgan fingerprint density at radius 2 is 1.77 bits per heavy atom. The van der Waals surface area contributed by atoms with E-state index in [1.807, 2.05) is 0 Å². The van der Waals surface area contributed by atoms with Crippen LogP contribution in [0.15, 0.2) is 24.3 Å². The molecule has 2 heterocycles. The van der Waals surface area contributed by atoms with Gasteiger partial charge in [0.15, 0.2) is 11.6 Å². The van der Waals surface area contributed by atoms with Crippen molar-refractivity contribution in [2.24, 2.45) is 0 Å². The van der Waals surface area contributed by atoms with Gasteiger partial charge in [0.2, 0.25) is 0 Å². The van der Waals surface area contributed by atoms with Gasteiger partial charge in [-0.2, -0.15) is 5.10 Å². The highest BCUT2D eigenvalue weighted by Crippen LogP contribution is 2.43. The van der Waals surface area contributed by atoms with Gasteiger partial charge in [-0.15, -0.1) is 0 Å². The Morgan fingerprint density at radius 3 is 2.37 bits per heavy atom. The molecule has 3 N–H and O–H groups in total. The maximum Gasteiger partial charge on any atom is 0.290 e. The molecule has 0 bridgehead atoms. The van der Waals surface area contributed by atoms with Crippen LogP contribution < -0.4 is 4.74 Å². The van der Waals surface area contributed by atoms with Crippen LogP contribution >= 0.6 is 0 Å². The molecule has 10 heteroatoms. The molecular formula is C20H27FN4O5. The molecule has 2 aromatic rings. The molecule has 0 atom stereocenters. The van der Waals surface area contributed by atoms with Gasteiger partial charge in [-0.3, -0.25) is 19.6 Å². The summed E-state index contributed by atoms with van der Waals surface area (Å²) in [4.78, 5) is 24.0. The number of carbonyl (C=O) groups is 2. The van der Waals surface area contributed by atoms with E-state index in [4.69, 9.17) is 29.5 Å². The van der Waals surface area contributed by atoms with Crippen LogP contribution in [0.3, 0.4) is 0 Å². The lowest BCUT2D eigenvalue weighted by Gasteiger charge is -2.36. The molecule has 0 spiro atoms. The summed E-state index contributed by atoms with van der Waals surface area (Å²) in [7, 11) is 0. The summed E-state index contributed by atoms with van der Waals surface area (Å²) in [6, 6.07) is 6.15. The van der Waals surface area contributed by atoms with Crippen molar-refractivity contribution < 1.29 is 28.9 Å². The van der Waals surface area contributed by atoms with Crippen molar-refractivity contribution in [2.75, 3.05) is 13.1 Å². The monoisotopic (exact) mass is 422 g/mol. The number of hydrogen-bond acceptors (Lipinski definition) is 6. The number of aromatic nitrogens is 3. The van der Waals surface area contributed by atoms with Crippen molar-refractivity contribution in [3.63, 3.8) is 0 Å². The Hall–Kier alpha value is -3.01. The molecule has 1 aromatic heterocycles. The van der Waals surface area contributed by atoms with Crippen LogP contribution in [-0.2, 0) is 21.7 Å². The minimum atomic E-state index is -0.301. The molecule has 1 aliphatic heterocycles. The number of likely N-dealkylation sites (tertiary alicyclic amines) is 1. The zero-order chi connectivity index (χ0) is 21.8. The normalized spacial score (nSPS) is 17.2. The SMILES string of the molecule is Fc1cccc(OCc2nc(C3(N4CCCC4)CCCC3)n[nH]2)c1.O=CO.O=CO. The lowest BCUT2D eigenvalue weighted by atomic mass is 9.94. The summed E-state index contributed by atoms with van der Waals surface area (Å²) < 4.78 is 18.8. The first-order valence-corrected chi connectivity index (χ1v) is 9.80. The molecule has 164 valence electrons. The van der Waals surface area contributed by atoms with Crippen molar-refractivity contribution in [3.8, 4) is 5.75 Å². The molecule has 2 aliphatic rings. The van der Waals surface area contributed by atoms with Gasteiger partial charge < -0.3 is 14.9 Å². The molecule has 30 heavy (non-hydrogen) atoms. The van der Waals surface area contributed by atoms with Crippen LogP contribution in [-0.4, -0.2) is 56.3 Å². The van der Waals surface area contributed by atoms with E-state index < -0.39 is 0 Å². The van der Waals surface area contributed by atoms with E-state index in [9.17, 15) is 4.39 Å². The standard InChI is InChI=1S/C18H23FN4O.2CH2O2/c19-14-6-5-7-15(12-14)24-13-16-20-17(22-21-16)18(8-1-2-9-18)23-10-3-4-11-23;2*2-1-3/h5-7,12H,1-4,8-11,13H2,(H,20,21,22);2*1H,(H,2,3). The summed E-state index contributed by atoms with van der Waals surface area (Å²) in [5.41, 5.74) is 0.00407. The number of ether oxygens (including phenoxy) is 1. The van der Waals surface area contributed by atoms with Crippen LogP contribution in [0.1, 0.15) is 50.2 Å². The third-order valence-corrected chi connectivity index (χ3v) is 5.26. The molecule has 0 unspecified atom stereocenters. The minimum Gasteiger partial charge on any atom is -0.486 e. The summed E-state index contributed by atoms with van der Waals surface area (Å²) in [5, 5.41) is 21.3. The molecule has 9 nitrogen and oxygen atoms in total. The van der Waals surface area contributed by atoms with Crippen molar-refractivity contribution in [2.45, 2.75) is 50.7 Å². The van der Waals surface area contributed by atoms with E-state index in [0.717, 1.165) is 31.8 Å². The lowest BCUT2D eigenvalue weighted by Crippen LogP contribution is -2.43. The summed E-state index contributed by atoms with van der Waals surface area (Å²) >= 11 is 0. The highest BCUT2D eigenvalue weighted by atomic mass is 19.1. The fraction of sp³-hybridized carbons (Fsp3) is 0.500. The number of nitrogens with one attached hydrogen (secondary N) is 1. The fourth-order valence-corrected chi connectivity index (χ4v) is 4.06. The number of rotatable bonds is 5. The van der Waals surface area contributed by atoms with E-state index in [1.165, 1.54) is 37.8 Å². The maximum atomic E-state index is 13.2. The molecule has 0 amide bonds. The van der Waals surface area contributed by atoms with Crippen LogP contribution in [0, 0.1) is 5.82 Å². The van der Waals surface area contributed by atoms with Gasteiger partial charge in [0.25, 0.3) is 12.9 Å². The second-order valence-electron chi connectivity index (χ2n) is 7.00. The zero-order valence-corrected chi connectivity index (χ0v) is 16.7. The molecule has 4 rings (SSSR count). The van der Waals surface area contributed by atoms with Crippen LogP contribution in [0.25, 0.3) is 0 Å². The largest absolute Gasteiger partial charge is 0.486 e. The predicted octanol–water partition coefficient (Wildman–Crippen LogP) is 2.79. The van der Waals surface area contributed by atoms with E-state index in [1.54, 1.807) is 12.1 Å². The van der Waals surface area contributed by atoms with Gasteiger partial charge in [-0.05, 0) is 50.9 Å². The quantitative estimate of drug-likeness (QED) is 0.628. The van der Waals surface area contributed by atoms with Crippen molar-refractivity contribution >= 4 is 12.9 Å². The van der Waals surface area contributed by atoms with E-state index in [2.05, 4.69) is 15.1 Å². The van der Waals surface area contributed by atoms with Crippen molar-refractivity contribution in [1.29, 1.82) is 0 Å². The molecule has 2 fully saturated rings. The highest BCUT2D eigenvalue weighted by Gasteiger charge is 2.45. The number of carboxylic acid groups (broad SMARTS) is 2. The first kappa shape index (κ1) is 23.3. The van der Waals surface area contributed by atoms with Crippen LogP contribution in [0.5, 0.6) is 5.75 Å². The molecular weight excluding hydrogens is 395 g/mol. The van der Waals surface area contributed by atoms with Gasteiger partial charge in [0.1, 0.15) is 18.2 Å². The third-order valence-electron chi connectivity index (χ3n) is 5.26. The fourth-order valence-electron chi connectivity index (χ4n) is 4.06. The summed E-state index contributed by atoms with van der Waals surface area (Å²) in [5.74, 6) is 1.80. The first-order chi connectivity index (χ1) is 14.6. The molecule has 0 radical (unpaired) electrons. The maximum absolute atomic E-state index is 13.2. The zero-order valence-electron chi connectivity index (χ0n) is 16.7. The second kappa shape index (κ2) is 11.9. The van der Waals surface area contributed by atoms with E-state index in [-0.39, 0.29) is 30.9 Å². The number of hydrogen-bond donors (Lipinski definition) is 3. The Balaban J connectivity index is 0.000000480. The topological polar surface area (TPSA) is 129 Å². The lowest BCUT2D eigenvalue weighted by molar-refractivity contribution is -0.123. The molecule has 1 saturated heterocycles. The van der Waals surface area contributed by atoms with Gasteiger partial charge in [0, 0.05) is 6.07 Å². The minimum absolute atomic E-state index is 0.00407. The Labute approximate surface area is 173 Å². The highest BCUT2D eigenvalue weighted by molar-refractivity contribution is 5.33. The smallest absolute Gasteiger partial charge is 0.290 e. The first-order valence-electron chi connectivity index (χ1n) is 9.80. The summed E-state index contributed by atoms with van der Waals surface area (Å²) in [6.45, 7) is 2.06. The van der Waals surface area contributed by atoms with Crippen LogP contribution in [0.4, 0.5) is 4.39 Å². The Bertz CT molecular complexity index is 783. The Morgan fingerprint density at radius 1 is 1.13 bits per heavy atom. The van der Waals surface area contributed by atoms with E-state index >= 15 is 0 Å². The number of nitrogens with zero attached hydrogens (tertiary/aromatic N) is 3. The van der Waals surface area contributed by atoms with E-state index in [0.29, 0.717) is 11.6 Å². The molecule has 1 aromatic carbocycles. The van der Waals surface area contributed by atoms with Gasteiger partial charge in [-0.25, -0.2) is 9.37 Å². The second-order valence-corrected chi connectivity index (χ2v) is 7.00. The van der Waals surface area contributed by atoms with Crippen LogP contribution in [0.2, 0.25) is 0 Å². The van der Waals surface area contributed by atoms with Crippen molar-refractivity contribution in [3.05, 3.63) is 41.7 Å². The number of H-pyrrole nitrogens is 1. The van der Waals surface area contributed by atoms with Crippen molar-refractivity contribution in [1.82, 2.24) is 20.1 Å². The molecule has 1 aliphatic carbocycles. The number of benzene rings is 1. The average molecular weight is 422 g/mol. The average Bonchev–Trinajstić information content (AvgIpc) is 3.49. The predicted molar refractivity (Wildman–Crippen MR) is 105 cm³/mol. The Kier molecular flexibility index (Phi) is 9.20. The number of halogens is 1. The number of aromatic amines is 1. The van der Waals surface area contributed by atoms with Gasteiger partial charge in [0.05, 0.1) is 5.54 Å². The van der Waals surface area contributed by atoms with Gasteiger partial charge in [-0.1, -0.05) is 18.9 Å².